The molecule has 1 unspecified atom stereocenters. The first-order valence-corrected chi connectivity index (χ1v) is 8.05. The third kappa shape index (κ3) is 6.98. The van der Waals surface area contributed by atoms with Crippen molar-refractivity contribution in [1.82, 2.24) is 10.0 Å². The average Bonchev–Trinajstić information content (AvgIpc) is 2.34. The predicted octanol–water partition coefficient (Wildman–Crippen LogP) is 0.332. The maximum atomic E-state index is 11.7. The lowest BCUT2D eigenvalue weighted by molar-refractivity contribution is 0.0568. The van der Waals surface area contributed by atoms with Crippen LogP contribution in [-0.4, -0.2) is 47.0 Å². The highest BCUT2D eigenvalue weighted by Crippen LogP contribution is 2.12. The number of hydrogen-bond donors (Lipinski definition) is 2. The molecule has 6 heteroatoms. The SMILES string of the molecule is CCNCCCS(=O)(=O)NCC1CCCOC1. The summed E-state index contributed by atoms with van der Waals surface area (Å²) in [5, 5.41) is 3.11. The van der Waals surface area contributed by atoms with Gasteiger partial charge in [-0.15, -0.1) is 0 Å². The molecule has 1 atom stereocenters. The van der Waals surface area contributed by atoms with E-state index in [1.807, 2.05) is 6.92 Å². The summed E-state index contributed by atoms with van der Waals surface area (Å²) in [5.74, 6) is 0.542. The van der Waals surface area contributed by atoms with Crippen LogP contribution in [0.2, 0.25) is 0 Å². The molecule has 1 saturated heterocycles. The maximum Gasteiger partial charge on any atom is 0.211 e. The minimum absolute atomic E-state index is 0.202. The summed E-state index contributed by atoms with van der Waals surface area (Å²) in [5.41, 5.74) is 0. The van der Waals surface area contributed by atoms with Crippen molar-refractivity contribution in [2.45, 2.75) is 26.2 Å². The third-order valence-electron chi connectivity index (χ3n) is 2.86. The lowest BCUT2D eigenvalue weighted by Gasteiger charge is -2.22. The molecule has 2 N–H and O–H groups in total. The Kier molecular flexibility index (Phi) is 7.03. The van der Waals surface area contributed by atoms with E-state index in [9.17, 15) is 8.42 Å². The highest BCUT2D eigenvalue weighted by atomic mass is 32.2. The van der Waals surface area contributed by atoms with Gasteiger partial charge in [-0.2, -0.15) is 0 Å². The fraction of sp³-hybridized carbons (Fsp3) is 1.00. The van der Waals surface area contributed by atoms with E-state index in [-0.39, 0.29) is 5.75 Å². The van der Waals surface area contributed by atoms with Gasteiger partial charge in [0.1, 0.15) is 0 Å². The Balaban J connectivity index is 2.14. The normalized spacial score (nSPS) is 21.6. The summed E-state index contributed by atoms with van der Waals surface area (Å²) in [4.78, 5) is 0. The molecule has 1 fully saturated rings. The summed E-state index contributed by atoms with van der Waals surface area (Å²) in [6.07, 6.45) is 2.75. The van der Waals surface area contributed by atoms with Crippen molar-refractivity contribution in [3.63, 3.8) is 0 Å². The molecule has 0 radical (unpaired) electrons. The zero-order valence-corrected chi connectivity index (χ0v) is 11.4. The van der Waals surface area contributed by atoms with Gasteiger partial charge < -0.3 is 10.1 Å². The van der Waals surface area contributed by atoms with E-state index in [1.165, 1.54) is 0 Å². The molecule has 0 aromatic heterocycles. The molecule has 0 amide bonds. The van der Waals surface area contributed by atoms with Crippen molar-refractivity contribution in [3.8, 4) is 0 Å². The molecule has 0 aliphatic carbocycles. The number of sulfonamides is 1. The quantitative estimate of drug-likeness (QED) is 0.620. The number of nitrogens with one attached hydrogen (secondary N) is 2. The van der Waals surface area contributed by atoms with Crippen molar-refractivity contribution in [1.29, 1.82) is 0 Å². The Morgan fingerprint density at radius 3 is 2.88 bits per heavy atom. The average molecular weight is 264 g/mol. The molecule has 1 aliphatic heterocycles. The molecule has 1 aliphatic rings. The van der Waals surface area contributed by atoms with E-state index in [1.54, 1.807) is 0 Å². The van der Waals surface area contributed by atoms with E-state index in [2.05, 4.69) is 10.0 Å². The van der Waals surface area contributed by atoms with Crippen molar-refractivity contribution in [2.24, 2.45) is 5.92 Å². The smallest absolute Gasteiger partial charge is 0.211 e. The zero-order valence-electron chi connectivity index (χ0n) is 10.6. The molecule has 0 bridgehead atoms. The van der Waals surface area contributed by atoms with Gasteiger partial charge in [0.15, 0.2) is 0 Å². The van der Waals surface area contributed by atoms with Gasteiger partial charge in [-0.1, -0.05) is 6.92 Å². The molecule has 1 rings (SSSR count). The molecule has 0 aromatic carbocycles. The first kappa shape index (κ1) is 14.9. The molecule has 1 heterocycles. The van der Waals surface area contributed by atoms with E-state index in [0.717, 1.165) is 32.5 Å². The Labute approximate surface area is 104 Å². The van der Waals surface area contributed by atoms with Crippen LogP contribution < -0.4 is 10.0 Å². The van der Waals surface area contributed by atoms with Crippen LogP contribution in [0.25, 0.3) is 0 Å². The van der Waals surface area contributed by atoms with Crippen molar-refractivity contribution >= 4 is 10.0 Å². The van der Waals surface area contributed by atoms with Gasteiger partial charge in [-0.05, 0) is 38.3 Å². The minimum atomic E-state index is -3.11. The van der Waals surface area contributed by atoms with Crippen LogP contribution in [0.1, 0.15) is 26.2 Å². The van der Waals surface area contributed by atoms with E-state index in [4.69, 9.17) is 4.74 Å². The monoisotopic (exact) mass is 264 g/mol. The van der Waals surface area contributed by atoms with Gasteiger partial charge in [0.25, 0.3) is 0 Å². The lowest BCUT2D eigenvalue weighted by atomic mass is 10.0. The summed E-state index contributed by atoms with van der Waals surface area (Å²) in [6, 6.07) is 0. The van der Waals surface area contributed by atoms with Crippen LogP contribution in [0.4, 0.5) is 0 Å². The number of rotatable bonds is 8. The minimum Gasteiger partial charge on any atom is -0.381 e. The van der Waals surface area contributed by atoms with Crippen LogP contribution >= 0.6 is 0 Å². The zero-order chi connectivity index (χ0) is 12.6. The largest absolute Gasteiger partial charge is 0.381 e. The molecule has 0 saturated carbocycles. The molecule has 5 nitrogen and oxygen atoms in total. The topological polar surface area (TPSA) is 67.4 Å². The van der Waals surface area contributed by atoms with E-state index >= 15 is 0 Å². The molecule has 0 aromatic rings. The Hall–Kier alpha value is -0.170. The third-order valence-corrected chi connectivity index (χ3v) is 4.30. The van der Waals surface area contributed by atoms with E-state index in [0.29, 0.717) is 25.5 Å². The highest BCUT2D eigenvalue weighted by Gasteiger charge is 2.17. The van der Waals surface area contributed by atoms with Crippen LogP contribution in [0.3, 0.4) is 0 Å². The van der Waals surface area contributed by atoms with Crippen LogP contribution in [-0.2, 0) is 14.8 Å². The van der Waals surface area contributed by atoms with Gasteiger partial charge in [0, 0.05) is 13.2 Å². The second-order valence-electron chi connectivity index (χ2n) is 4.46. The fourth-order valence-corrected chi connectivity index (χ4v) is 3.01. The van der Waals surface area contributed by atoms with Crippen LogP contribution in [0, 0.1) is 5.92 Å². The molecular formula is C11H24N2O3S. The predicted molar refractivity (Wildman–Crippen MR) is 68.5 cm³/mol. The number of ether oxygens (including phenoxy) is 1. The second-order valence-corrected chi connectivity index (χ2v) is 6.38. The first-order chi connectivity index (χ1) is 8.14. The van der Waals surface area contributed by atoms with Gasteiger partial charge in [-0.25, -0.2) is 13.1 Å². The Morgan fingerprint density at radius 2 is 2.24 bits per heavy atom. The van der Waals surface area contributed by atoms with E-state index < -0.39 is 10.0 Å². The summed E-state index contributed by atoms with van der Waals surface area (Å²) in [6.45, 7) is 5.65. The van der Waals surface area contributed by atoms with Crippen LogP contribution in [0.5, 0.6) is 0 Å². The molecule has 17 heavy (non-hydrogen) atoms. The standard InChI is InChI=1S/C11H24N2O3S/c1-2-12-6-4-8-17(14,15)13-9-11-5-3-7-16-10-11/h11-13H,2-10H2,1H3. The van der Waals surface area contributed by atoms with Crippen molar-refractivity contribution in [2.75, 3.05) is 38.6 Å². The van der Waals surface area contributed by atoms with Gasteiger partial charge in [0.2, 0.25) is 10.0 Å². The lowest BCUT2D eigenvalue weighted by Crippen LogP contribution is -2.35. The molecule has 102 valence electrons. The van der Waals surface area contributed by atoms with Gasteiger partial charge in [-0.3, -0.25) is 0 Å². The highest BCUT2D eigenvalue weighted by molar-refractivity contribution is 7.89. The summed E-state index contributed by atoms with van der Waals surface area (Å²) < 4.78 is 31.3. The summed E-state index contributed by atoms with van der Waals surface area (Å²) >= 11 is 0. The molecular weight excluding hydrogens is 240 g/mol. The second kappa shape index (κ2) is 8.02. The van der Waals surface area contributed by atoms with Crippen LogP contribution in [0.15, 0.2) is 0 Å². The fourth-order valence-electron chi connectivity index (χ4n) is 1.85. The van der Waals surface area contributed by atoms with Gasteiger partial charge in [0.05, 0.1) is 12.4 Å². The van der Waals surface area contributed by atoms with Crippen molar-refractivity contribution < 1.29 is 13.2 Å². The maximum absolute atomic E-state index is 11.7. The van der Waals surface area contributed by atoms with Gasteiger partial charge >= 0.3 is 0 Å². The number of hydrogen-bond acceptors (Lipinski definition) is 4. The Bertz CT molecular complexity index is 287. The Morgan fingerprint density at radius 1 is 1.41 bits per heavy atom. The van der Waals surface area contributed by atoms with Crippen molar-refractivity contribution in [3.05, 3.63) is 0 Å². The summed E-state index contributed by atoms with van der Waals surface area (Å²) in [7, 11) is -3.11. The first-order valence-electron chi connectivity index (χ1n) is 6.40. The molecule has 0 spiro atoms.